The lowest BCUT2D eigenvalue weighted by molar-refractivity contribution is -0.697. The molecule has 100 valence electrons. The van der Waals surface area contributed by atoms with Crippen LogP contribution < -0.4 is 14.2 Å². The molecule has 0 unspecified atom stereocenters. The molecule has 0 radical (unpaired) electrons. The summed E-state index contributed by atoms with van der Waals surface area (Å²) in [5.41, 5.74) is 1.20. The second-order valence-electron chi connectivity index (χ2n) is 4.49. The van der Waals surface area contributed by atoms with Gasteiger partial charge >= 0.3 is 0 Å². The Hall–Kier alpha value is -1.55. The minimum Gasteiger partial charge on any atom is -0.487 e. The SMILES string of the molecule is CN(C)c1cc[n+](CCOc2ccc(Br)cc2)cc1. The van der Waals surface area contributed by atoms with E-state index in [0.717, 1.165) is 16.8 Å². The zero-order valence-electron chi connectivity index (χ0n) is 11.2. The molecule has 0 aliphatic heterocycles. The van der Waals surface area contributed by atoms with Gasteiger partial charge in [0.1, 0.15) is 12.4 Å². The summed E-state index contributed by atoms with van der Waals surface area (Å²) < 4.78 is 8.87. The third-order valence-electron chi connectivity index (χ3n) is 2.82. The molecule has 19 heavy (non-hydrogen) atoms. The monoisotopic (exact) mass is 321 g/mol. The van der Waals surface area contributed by atoms with E-state index in [1.54, 1.807) is 0 Å². The zero-order valence-corrected chi connectivity index (χ0v) is 12.8. The third kappa shape index (κ3) is 4.24. The largest absolute Gasteiger partial charge is 0.487 e. The first kappa shape index (κ1) is 13.9. The number of benzene rings is 1. The van der Waals surface area contributed by atoms with Gasteiger partial charge in [-0.15, -0.1) is 0 Å². The van der Waals surface area contributed by atoms with Crippen molar-refractivity contribution in [3.05, 3.63) is 53.3 Å². The van der Waals surface area contributed by atoms with Crippen LogP contribution in [0.5, 0.6) is 5.75 Å². The Morgan fingerprint density at radius 2 is 1.68 bits per heavy atom. The van der Waals surface area contributed by atoms with Gasteiger partial charge in [-0.3, -0.25) is 0 Å². The number of halogens is 1. The highest BCUT2D eigenvalue weighted by molar-refractivity contribution is 9.10. The molecule has 0 fully saturated rings. The molecule has 0 spiro atoms. The summed E-state index contributed by atoms with van der Waals surface area (Å²) >= 11 is 3.41. The Labute approximate surface area is 122 Å². The van der Waals surface area contributed by atoms with Crippen molar-refractivity contribution >= 4 is 21.6 Å². The van der Waals surface area contributed by atoms with Crippen molar-refractivity contribution in [3.63, 3.8) is 0 Å². The van der Waals surface area contributed by atoms with Crippen LogP contribution in [0, 0.1) is 0 Å². The van der Waals surface area contributed by atoms with E-state index in [0.29, 0.717) is 6.61 Å². The molecule has 1 heterocycles. The van der Waals surface area contributed by atoms with Crippen molar-refractivity contribution in [2.75, 3.05) is 25.6 Å². The average Bonchev–Trinajstić information content (AvgIpc) is 2.41. The summed E-state index contributed by atoms with van der Waals surface area (Å²) in [5.74, 6) is 0.897. The first-order chi connectivity index (χ1) is 9.15. The second kappa shape index (κ2) is 6.57. The van der Waals surface area contributed by atoms with E-state index in [1.807, 2.05) is 38.4 Å². The average molecular weight is 322 g/mol. The van der Waals surface area contributed by atoms with E-state index in [1.165, 1.54) is 5.69 Å². The normalized spacial score (nSPS) is 10.3. The molecule has 4 heteroatoms. The summed E-state index contributed by atoms with van der Waals surface area (Å²) in [7, 11) is 4.08. The molecule has 1 aromatic heterocycles. The van der Waals surface area contributed by atoms with Crippen LogP contribution in [-0.4, -0.2) is 20.7 Å². The zero-order chi connectivity index (χ0) is 13.7. The van der Waals surface area contributed by atoms with Crippen LogP contribution in [-0.2, 0) is 6.54 Å². The van der Waals surface area contributed by atoms with Crippen molar-refractivity contribution in [2.45, 2.75) is 6.54 Å². The van der Waals surface area contributed by atoms with Gasteiger partial charge in [0.2, 0.25) is 0 Å². The summed E-state index contributed by atoms with van der Waals surface area (Å²) in [6.45, 7) is 1.50. The number of ether oxygens (including phenoxy) is 1. The van der Waals surface area contributed by atoms with Gasteiger partial charge in [-0.25, -0.2) is 4.57 Å². The minimum absolute atomic E-state index is 0.660. The van der Waals surface area contributed by atoms with E-state index in [4.69, 9.17) is 4.74 Å². The van der Waals surface area contributed by atoms with E-state index < -0.39 is 0 Å². The van der Waals surface area contributed by atoms with Crippen LogP contribution in [0.3, 0.4) is 0 Å². The van der Waals surface area contributed by atoms with Gasteiger partial charge < -0.3 is 9.64 Å². The smallest absolute Gasteiger partial charge is 0.182 e. The molecule has 0 atom stereocenters. The quantitative estimate of drug-likeness (QED) is 0.787. The molecule has 0 saturated carbocycles. The minimum atomic E-state index is 0.660. The van der Waals surface area contributed by atoms with Gasteiger partial charge in [0.05, 0.1) is 0 Å². The van der Waals surface area contributed by atoms with E-state index in [9.17, 15) is 0 Å². The van der Waals surface area contributed by atoms with E-state index in [-0.39, 0.29) is 0 Å². The van der Waals surface area contributed by atoms with Crippen molar-refractivity contribution < 1.29 is 9.30 Å². The second-order valence-corrected chi connectivity index (χ2v) is 5.41. The molecule has 3 nitrogen and oxygen atoms in total. The number of pyridine rings is 1. The van der Waals surface area contributed by atoms with Crippen molar-refractivity contribution in [1.29, 1.82) is 0 Å². The molecule has 0 aliphatic rings. The molecular formula is C15H18BrN2O+. The topological polar surface area (TPSA) is 16.4 Å². The third-order valence-corrected chi connectivity index (χ3v) is 3.35. The molecule has 0 amide bonds. The predicted octanol–water partition coefficient (Wildman–Crippen LogP) is 2.88. The fraction of sp³-hybridized carbons (Fsp3) is 0.267. The number of nitrogens with zero attached hydrogens (tertiary/aromatic N) is 2. The lowest BCUT2D eigenvalue weighted by atomic mass is 10.3. The first-order valence-corrected chi connectivity index (χ1v) is 6.99. The van der Waals surface area contributed by atoms with Crippen molar-refractivity contribution in [2.24, 2.45) is 0 Å². The van der Waals surface area contributed by atoms with Crippen LogP contribution in [0.2, 0.25) is 0 Å². The first-order valence-electron chi connectivity index (χ1n) is 6.20. The number of hydrogen-bond acceptors (Lipinski definition) is 2. The highest BCUT2D eigenvalue weighted by Gasteiger charge is 2.02. The number of anilines is 1. The summed E-state index contributed by atoms with van der Waals surface area (Å²) in [6.07, 6.45) is 4.14. The number of rotatable bonds is 5. The molecule has 0 bridgehead atoms. The molecule has 0 saturated heterocycles. The molecule has 1 aromatic carbocycles. The Balaban J connectivity index is 1.83. The lowest BCUT2D eigenvalue weighted by Crippen LogP contribution is -2.35. The van der Waals surface area contributed by atoms with Gasteiger partial charge in [-0.05, 0) is 24.3 Å². The van der Waals surface area contributed by atoms with E-state index in [2.05, 4.69) is 49.9 Å². The van der Waals surface area contributed by atoms with Crippen LogP contribution in [0.4, 0.5) is 5.69 Å². The van der Waals surface area contributed by atoms with Crippen LogP contribution in [0.15, 0.2) is 53.3 Å². The molecule has 2 aromatic rings. The van der Waals surface area contributed by atoms with Crippen LogP contribution >= 0.6 is 15.9 Å². The van der Waals surface area contributed by atoms with Crippen LogP contribution in [0.25, 0.3) is 0 Å². The highest BCUT2D eigenvalue weighted by Crippen LogP contribution is 2.15. The molecule has 0 N–H and O–H groups in total. The Kier molecular flexibility index (Phi) is 4.80. The fourth-order valence-electron chi connectivity index (χ4n) is 1.70. The molecular weight excluding hydrogens is 304 g/mol. The van der Waals surface area contributed by atoms with Gasteiger partial charge in [-0.2, -0.15) is 0 Å². The summed E-state index contributed by atoms with van der Waals surface area (Å²) in [5, 5.41) is 0. The Morgan fingerprint density at radius 1 is 1.05 bits per heavy atom. The van der Waals surface area contributed by atoms with Crippen molar-refractivity contribution in [3.8, 4) is 5.75 Å². The van der Waals surface area contributed by atoms with Crippen LogP contribution in [0.1, 0.15) is 0 Å². The van der Waals surface area contributed by atoms with Gasteiger partial charge in [0.15, 0.2) is 18.9 Å². The van der Waals surface area contributed by atoms with Gasteiger partial charge in [0, 0.05) is 36.4 Å². The van der Waals surface area contributed by atoms with Gasteiger partial charge in [-0.1, -0.05) is 15.9 Å². The molecule has 0 aliphatic carbocycles. The summed E-state index contributed by atoms with van der Waals surface area (Å²) in [4.78, 5) is 2.09. The molecule has 2 rings (SSSR count). The fourth-order valence-corrected chi connectivity index (χ4v) is 1.96. The number of hydrogen-bond donors (Lipinski definition) is 0. The van der Waals surface area contributed by atoms with E-state index >= 15 is 0 Å². The van der Waals surface area contributed by atoms with Crippen molar-refractivity contribution in [1.82, 2.24) is 0 Å². The Bertz CT molecular complexity index is 509. The van der Waals surface area contributed by atoms with Gasteiger partial charge in [0.25, 0.3) is 0 Å². The maximum Gasteiger partial charge on any atom is 0.182 e. The highest BCUT2D eigenvalue weighted by atomic mass is 79.9. The standard InChI is InChI=1S/C15H18BrN2O/c1-17(2)14-7-9-18(10-8-14)11-12-19-15-5-3-13(16)4-6-15/h3-10H,11-12H2,1-2H3/q+1. The summed E-state index contributed by atoms with van der Waals surface area (Å²) in [6, 6.07) is 12.1. The number of aromatic nitrogens is 1. The predicted molar refractivity (Wildman–Crippen MR) is 80.6 cm³/mol. The maximum absolute atomic E-state index is 5.69. The lowest BCUT2D eigenvalue weighted by Gasteiger charge is -2.10. The Morgan fingerprint density at radius 3 is 2.26 bits per heavy atom. The maximum atomic E-state index is 5.69.